The van der Waals surface area contributed by atoms with Crippen LogP contribution in [0.4, 0.5) is 0 Å². The van der Waals surface area contributed by atoms with Crippen LogP contribution < -0.4 is 0 Å². The lowest BCUT2D eigenvalue weighted by Crippen LogP contribution is -2.52. The van der Waals surface area contributed by atoms with E-state index in [1.165, 1.54) is 19.3 Å². The lowest BCUT2D eigenvalue weighted by atomic mass is 9.87. The summed E-state index contributed by atoms with van der Waals surface area (Å²) in [7, 11) is 1.94. The quantitative estimate of drug-likeness (QED) is 0.891. The van der Waals surface area contributed by atoms with Gasteiger partial charge in [-0.1, -0.05) is 13.3 Å². The molecule has 102 valence electrons. The Morgan fingerprint density at radius 1 is 1.39 bits per heavy atom. The number of piperidine rings is 1. The maximum absolute atomic E-state index is 10.7. The minimum Gasteiger partial charge on any atom is -0.383 e. The lowest BCUT2D eigenvalue weighted by molar-refractivity contribution is -0.0405. The van der Waals surface area contributed by atoms with Crippen molar-refractivity contribution in [2.45, 2.75) is 51.2 Å². The highest BCUT2D eigenvalue weighted by molar-refractivity contribution is 5.06. The van der Waals surface area contributed by atoms with E-state index in [1.807, 2.05) is 17.8 Å². The molecular formula is C14H25N3O. The summed E-state index contributed by atoms with van der Waals surface area (Å²) < 4.78 is 1.92. The van der Waals surface area contributed by atoms with Gasteiger partial charge in [0.05, 0.1) is 5.54 Å². The van der Waals surface area contributed by atoms with E-state index < -0.39 is 6.10 Å². The van der Waals surface area contributed by atoms with E-state index in [9.17, 15) is 5.11 Å². The first-order chi connectivity index (χ1) is 8.59. The zero-order chi connectivity index (χ0) is 13.2. The molecule has 2 heterocycles. The van der Waals surface area contributed by atoms with Gasteiger partial charge in [0.15, 0.2) is 0 Å². The minimum absolute atomic E-state index is 0.209. The standard InChI is InChI=1S/C14H25N3O/c1-4-14(2,17-9-6-5-7-10-17)12(18)13-15-8-11-16(13)3/h8,11-12,18H,4-7,9-10H2,1-3H3. The molecule has 2 atom stereocenters. The summed E-state index contributed by atoms with van der Waals surface area (Å²) in [6, 6.07) is 0. The Morgan fingerprint density at radius 3 is 2.56 bits per heavy atom. The predicted molar refractivity (Wildman–Crippen MR) is 72.3 cm³/mol. The normalized spacial score (nSPS) is 22.7. The van der Waals surface area contributed by atoms with Crippen LogP contribution in [0.2, 0.25) is 0 Å². The molecule has 1 aromatic rings. The van der Waals surface area contributed by atoms with Crippen molar-refractivity contribution < 1.29 is 5.11 Å². The third-order valence-electron chi connectivity index (χ3n) is 4.49. The molecule has 1 N–H and O–H groups in total. The van der Waals surface area contributed by atoms with Crippen molar-refractivity contribution in [2.24, 2.45) is 7.05 Å². The summed E-state index contributed by atoms with van der Waals surface area (Å²) in [5.74, 6) is 0.768. The van der Waals surface area contributed by atoms with Crippen molar-refractivity contribution in [3.05, 3.63) is 18.2 Å². The average Bonchev–Trinajstić information content (AvgIpc) is 2.84. The molecule has 18 heavy (non-hydrogen) atoms. The molecule has 2 unspecified atom stereocenters. The number of nitrogens with zero attached hydrogens (tertiary/aromatic N) is 3. The van der Waals surface area contributed by atoms with Crippen LogP contribution in [0.25, 0.3) is 0 Å². The van der Waals surface area contributed by atoms with E-state index in [0.29, 0.717) is 0 Å². The first-order valence-corrected chi connectivity index (χ1v) is 7.00. The third kappa shape index (κ3) is 2.31. The van der Waals surface area contributed by atoms with Crippen LogP contribution in [0.15, 0.2) is 12.4 Å². The van der Waals surface area contributed by atoms with Crippen molar-refractivity contribution >= 4 is 0 Å². The van der Waals surface area contributed by atoms with Gasteiger partial charge in [-0.2, -0.15) is 0 Å². The Kier molecular flexibility index (Phi) is 4.07. The van der Waals surface area contributed by atoms with Crippen LogP contribution in [0.3, 0.4) is 0 Å². The summed E-state index contributed by atoms with van der Waals surface area (Å²) in [6.45, 7) is 6.50. The first-order valence-electron chi connectivity index (χ1n) is 7.00. The van der Waals surface area contributed by atoms with Crippen LogP contribution in [0.1, 0.15) is 51.5 Å². The van der Waals surface area contributed by atoms with E-state index >= 15 is 0 Å². The van der Waals surface area contributed by atoms with E-state index in [-0.39, 0.29) is 5.54 Å². The fraction of sp³-hybridized carbons (Fsp3) is 0.786. The van der Waals surface area contributed by atoms with E-state index in [4.69, 9.17) is 0 Å². The molecule has 1 saturated heterocycles. The topological polar surface area (TPSA) is 41.3 Å². The summed E-state index contributed by atoms with van der Waals surface area (Å²) in [4.78, 5) is 6.75. The maximum atomic E-state index is 10.7. The number of hydrogen-bond acceptors (Lipinski definition) is 3. The molecule has 0 aromatic carbocycles. The molecule has 1 aromatic heterocycles. The Hall–Kier alpha value is -0.870. The van der Waals surface area contributed by atoms with Gasteiger partial charge >= 0.3 is 0 Å². The Labute approximate surface area is 110 Å². The molecule has 0 spiro atoms. The summed E-state index contributed by atoms with van der Waals surface area (Å²) in [5, 5.41) is 10.7. The molecule has 0 aliphatic carbocycles. The van der Waals surface area contributed by atoms with Gasteiger partial charge in [-0.05, 0) is 39.3 Å². The van der Waals surface area contributed by atoms with E-state index in [2.05, 4.69) is 23.7 Å². The van der Waals surface area contributed by atoms with Crippen molar-refractivity contribution in [3.63, 3.8) is 0 Å². The van der Waals surface area contributed by atoms with Gasteiger partial charge < -0.3 is 9.67 Å². The van der Waals surface area contributed by atoms with Crippen LogP contribution in [-0.2, 0) is 7.05 Å². The molecule has 1 aliphatic rings. The summed E-state index contributed by atoms with van der Waals surface area (Å²) in [6.07, 6.45) is 7.85. The number of aromatic nitrogens is 2. The molecular weight excluding hydrogens is 226 g/mol. The minimum atomic E-state index is -0.527. The van der Waals surface area contributed by atoms with Crippen molar-refractivity contribution in [2.75, 3.05) is 13.1 Å². The molecule has 2 rings (SSSR count). The smallest absolute Gasteiger partial charge is 0.139 e. The van der Waals surface area contributed by atoms with Crippen LogP contribution in [0, 0.1) is 0 Å². The molecule has 0 saturated carbocycles. The van der Waals surface area contributed by atoms with Crippen LogP contribution in [0.5, 0.6) is 0 Å². The molecule has 0 bridgehead atoms. The van der Waals surface area contributed by atoms with Crippen LogP contribution in [-0.4, -0.2) is 38.2 Å². The number of likely N-dealkylation sites (tertiary alicyclic amines) is 1. The highest BCUT2D eigenvalue weighted by Crippen LogP contribution is 2.35. The number of aliphatic hydroxyl groups excluding tert-OH is 1. The van der Waals surface area contributed by atoms with E-state index in [0.717, 1.165) is 25.3 Å². The van der Waals surface area contributed by atoms with Crippen molar-refractivity contribution in [3.8, 4) is 0 Å². The van der Waals surface area contributed by atoms with Gasteiger partial charge in [-0.25, -0.2) is 4.98 Å². The van der Waals surface area contributed by atoms with Gasteiger partial charge in [0.2, 0.25) is 0 Å². The van der Waals surface area contributed by atoms with E-state index in [1.54, 1.807) is 6.20 Å². The molecule has 4 heteroatoms. The number of aryl methyl sites for hydroxylation is 1. The molecule has 1 fully saturated rings. The lowest BCUT2D eigenvalue weighted by Gasteiger charge is -2.45. The third-order valence-corrected chi connectivity index (χ3v) is 4.49. The zero-order valence-corrected chi connectivity index (χ0v) is 11.8. The number of hydrogen-bond donors (Lipinski definition) is 1. The Balaban J connectivity index is 2.22. The maximum Gasteiger partial charge on any atom is 0.139 e. The van der Waals surface area contributed by atoms with Crippen LogP contribution >= 0.6 is 0 Å². The first kappa shape index (κ1) is 13.6. The predicted octanol–water partition coefficient (Wildman–Crippen LogP) is 2.11. The molecule has 1 aliphatic heterocycles. The SMILES string of the molecule is CCC(C)(C(O)c1nccn1C)N1CCCCC1. The summed E-state index contributed by atoms with van der Waals surface area (Å²) >= 11 is 0. The summed E-state index contributed by atoms with van der Waals surface area (Å²) in [5.41, 5.74) is -0.209. The average molecular weight is 251 g/mol. The Morgan fingerprint density at radius 2 is 2.06 bits per heavy atom. The fourth-order valence-corrected chi connectivity index (χ4v) is 2.91. The number of aliphatic hydroxyl groups is 1. The number of rotatable bonds is 4. The van der Waals surface area contributed by atoms with Gasteiger partial charge in [-0.3, -0.25) is 4.90 Å². The van der Waals surface area contributed by atoms with Crippen molar-refractivity contribution in [1.82, 2.24) is 14.5 Å². The highest BCUT2D eigenvalue weighted by Gasteiger charge is 2.40. The Bertz CT molecular complexity index is 384. The molecule has 0 amide bonds. The second-order valence-corrected chi connectivity index (χ2v) is 5.56. The molecule has 0 radical (unpaired) electrons. The number of imidazole rings is 1. The van der Waals surface area contributed by atoms with Gasteiger partial charge in [0, 0.05) is 19.4 Å². The second-order valence-electron chi connectivity index (χ2n) is 5.56. The second kappa shape index (κ2) is 5.41. The monoisotopic (exact) mass is 251 g/mol. The van der Waals surface area contributed by atoms with Gasteiger partial charge in [0.25, 0.3) is 0 Å². The fourth-order valence-electron chi connectivity index (χ4n) is 2.91. The largest absolute Gasteiger partial charge is 0.383 e. The van der Waals surface area contributed by atoms with Gasteiger partial charge in [-0.15, -0.1) is 0 Å². The highest BCUT2D eigenvalue weighted by atomic mass is 16.3. The molecule has 4 nitrogen and oxygen atoms in total. The zero-order valence-electron chi connectivity index (χ0n) is 11.8. The van der Waals surface area contributed by atoms with Crippen molar-refractivity contribution in [1.29, 1.82) is 0 Å². The van der Waals surface area contributed by atoms with Gasteiger partial charge in [0.1, 0.15) is 11.9 Å².